The highest BCUT2D eigenvalue weighted by molar-refractivity contribution is 5.89. The van der Waals surface area contributed by atoms with Gasteiger partial charge in [0, 0.05) is 6.61 Å². The molecule has 1 aliphatic rings. The van der Waals surface area contributed by atoms with Crippen molar-refractivity contribution < 1.29 is 47.4 Å². The molecule has 0 amide bonds. The standard InChI is InChI=1S/C26H42O10/c27-26(24-6-2-1-3-7-24)36-23-21-33-19-17-31-15-13-29-11-10-28-12-14-30-16-18-32-20-22-35-25-8-4-5-9-34-25/h1-3,6-7,25H,4-5,8-23H2. The minimum Gasteiger partial charge on any atom is -0.460 e. The van der Waals surface area contributed by atoms with Crippen LogP contribution in [0.1, 0.15) is 29.6 Å². The van der Waals surface area contributed by atoms with Gasteiger partial charge in [-0.05, 0) is 31.4 Å². The number of carbonyl (C=O) groups is 1. The van der Waals surface area contributed by atoms with Crippen LogP contribution in [0.25, 0.3) is 0 Å². The van der Waals surface area contributed by atoms with Crippen LogP contribution in [0.4, 0.5) is 0 Å². The highest BCUT2D eigenvalue weighted by Gasteiger charge is 2.13. The van der Waals surface area contributed by atoms with Gasteiger partial charge in [-0.15, -0.1) is 0 Å². The highest BCUT2D eigenvalue weighted by Crippen LogP contribution is 2.13. The molecule has 206 valence electrons. The molecule has 2 rings (SSSR count). The van der Waals surface area contributed by atoms with E-state index >= 15 is 0 Å². The number of carbonyl (C=O) groups excluding carboxylic acids is 1. The van der Waals surface area contributed by atoms with Crippen LogP contribution in [0, 0.1) is 0 Å². The lowest BCUT2D eigenvalue weighted by atomic mass is 10.2. The molecule has 0 bridgehead atoms. The molecular weight excluding hydrogens is 472 g/mol. The molecule has 0 spiro atoms. The molecule has 1 aromatic rings. The first-order chi connectivity index (χ1) is 17.9. The zero-order valence-corrected chi connectivity index (χ0v) is 21.3. The zero-order valence-electron chi connectivity index (χ0n) is 21.3. The van der Waals surface area contributed by atoms with Gasteiger partial charge in [0.15, 0.2) is 6.29 Å². The van der Waals surface area contributed by atoms with Gasteiger partial charge in [0.2, 0.25) is 0 Å². The van der Waals surface area contributed by atoms with Crippen molar-refractivity contribution in [3.05, 3.63) is 35.9 Å². The fourth-order valence-electron chi connectivity index (χ4n) is 3.13. The van der Waals surface area contributed by atoms with E-state index in [0.29, 0.717) is 91.5 Å². The van der Waals surface area contributed by atoms with E-state index in [1.807, 2.05) is 6.07 Å². The lowest BCUT2D eigenvalue weighted by Crippen LogP contribution is -2.24. The predicted octanol–water partition coefficient (Wildman–Crippen LogP) is 2.49. The first-order valence-corrected chi connectivity index (χ1v) is 12.8. The van der Waals surface area contributed by atoms with Crippen LogP contribution in [0.5, 0.6) is 0 Å². The fourth-order valence-corrected chi connectivity index (χ4v) is 3.13. The maximum atomic E-state index is 11.7. The van der Waals surface area contributed by atoms with E-state index in [9.17, 15) is 4.79 Å². The van der Waals surface area contributed by atoms with Gasteiger partial charge in [0.05, 0.1) is 91.5 Å². The zero-order chi connectivity index (χ0) is 25.4. The van der Waals surface area contributed by atoms with Gasteiger partial charge in [-0.25, -0.2) is 4.79 Å². The summed E-state index contributed by atoms with van der Waals surface area (Å²) in [5.74, 6) is -0.350. The number of hydrogen-bond acceptors (Lipinski definition) is 10. The lowest BCUT2D eigenvalue weighted by Gasteiger charge is -2.22. The third-order valence-corrected chi connectivity index (χ3v) is 5.00. The van der Waals surface area contributed by atoms with E-state index in [1.54, 1.807) is 24.3 Å². The van der Waals surface area contributed by atoms with Crippen molar-refractivity contribution in [2.75, 3.05) is 99.1 Å². The van der Waals surface area contributed by atoms with Gasteiger partial charge in [-0.3, -0.25) is 0 Å². The van der Waals surface area contributed by atoms with Crippen molar-refractivity contribution in [2.24, 2.45) is 0 Å². The summed E-state index contributed by atoms with van der Waals surface area (Å²) in [6.07, 6.45) is 3.19. The summed E-state index contributed by atoms with van der Waals surface area (Å²) >= 11 is 0. The summed E-state index contributed by atoms with van der Waals surface area (Å²) in [7, 11) is 0. The Hall–Kier alpha value is -1.63. The molecule has 1 aromatic carbocycles. The average Bonchev–Trinajstić information content (AvgIpc) is 2.92. The molecule has 0 radical (unpaired) electrons. The summed E-state index contributed by atoms with van der Waals surface area (Å²) in [5, 5.41) is 0. The predicted molar refractivity (Wildman–Crippen MR) is 131 cm³/mol. The Bertz CT molecular complexity index is 624. The molecule has 1 atom stereocenters. The normalized spacial score (nSPS) is 15.7. The van der Waals surface area contributed by atoms with Gasteiger partial charge < -0.3 is 42.6 Å². The van der Waals surface area contributed by atoms with E-state index in [0.717, 1.165) is 25.9 Å². The second-order valence-electron chi connectivity index (χ2n) is 7.84. The summed E-state index contributed by atoms with van der Waals surface area (Å²) in [4.78, 5) is 11.7. The Morgan fingerprint density at radius 2 is 1.11 bits per heavy atom. The summed E-state index contributed by atoms with van der Waals surface area (Å²) in [5.41, 5.74) is 0.531. The van der Waals surface area contributed by atoms with Crippen molar-refractivity contribution in [2.45, 2.75) is 25.6 Å². The molecular formula is C26H42O10. The van der Waals surface area contributed by atoms with Crippen molar-refractivity contribution in [1.29, 1.82) is 0 Å². The molecule has 36 heavy (non-hydrogen) atoms. The lowest BCUT2D eigenvalue weighted by molar-refractivity contribution is -0.169. The molecule has 0 aliphatic carbocycles. The van der Waals surface area contributed by atoms with Crippen LogP contribution in [-0.2, 0) is 42.6 Å². The Labute approximate surface area is 214 Å². The Morgan fingerprint density at radius 3 is 1.58 bits per heavy atom. The number of benzene rings is 1. The maximum absolute atomic E-state index is 11.7. The van der Waals surface area contributed by atoms with Crippen LogP contribution >= 0.6 is 0 Å². The monoisotopic (exact) mass is 514 g/mol. The fraction of sp³-hybridized carbons (Fsp3) is 0.731. The minimum atomic E-state index is -0.350. The number of rotatable bonds is 23. The molecule has 1 fully saturated rings. The van der Waals surface area contributed by atoms with Crippen LogP contribution in [-0.4, -0.2) is 111 Å². The first kappa shape index (κ1) is 30.6. The average molecular weight is 515 g/mol. The molecule has 10 heteroatoms. The summed E-state index contributed by atoms with van der Waals surface area (Å²) in [6.45, 7) is 7.37. The topological polar surface area (TPSA) is 100 Å². The molecule has 1 unspecified atom stereocenters. The van der Waals surface area contributed by atoms with E-state index in [1.165, 1.54) is 0 Å². The van der Waals surface area contributed by atoms with Crippen LogP contribution in [0.3, 0.4) is 0 Å². The second kappa shape index (κ2) is 22.6. The summed E-state index contributed by atoms with van der Waals surface area (Å²) in [6, 6.07) is 8.86. The third-order valence-electron chi connectivity index (χ3n) is 5.00. The SMILES string of the molecule is O=C(OCCOCCOCCOCCOCCOCCOCCOC1CCCCO1)c1ccccc1. The molecule has 1 heterocycles. The van der Waals surface area contributed by atoms with Gasteiger partial charge >= 0.3 is 5.97 Å². The number of hydrogen-bond donors (Lipinski definition) is 0. The number of ether oxygens (including phenoxy) is 9. The third kappa shape index (κ3) is 16.9. The Balaban J connectivity index is 1.19. The van der Waals surface area contributed by atoms with Crippen LogP contribution < -0.4 is 0 Å². The van der Waals surface area contributed by atoms with E-state index in [2.05, 4.69) is 0 Å². The van der Waals surface area contributed by atoms with Crippen molar-refractivity contribution >= 4 is 5.97 Å². The molecule has 1 aliphatic heterocycles. The smallest absolute Gasteiger partial charge is 0.338 e. The van der Waals surface area contributed by atoms with Gasteiger partial charge in [0.1, 0.15) is 6.61 Å². The summed E-state index contributed by atoms with van der Waals surface area (Å²) < 4.78 is 48.8. The largest absolute Gasteiger partial charge is 0.460 e. The van der Waals surface area contributed by atoms with Crippen molar-refractivity contribution in [3.63, 3.8) is 0 Å². The molecule has 0 N–H and O–H groups in total. The molecule has 10 nitrogen and oxygen atoms in total. The van der Waals surface area contributed by atoms with Gasteiger partial charge in [0.25, 0.3) is 0 Å². The van der Waals surface area contributed by atoms with Crippen molar-refractivity contribution in [1.82, 2.24) is 0 Å². The van der Waals surface area contributed by atoms with Crippen LogP contribution in [0.2, 0.25) is 0 Å². The Morgan fingerprint density at radius 1 is 0.639 bits per heavy atom. The molecule has 0 saturated carbocycles. The highest BCUT2D eigenvalue weighted by atomic mass is 16.7. The van der Waals surface area contributed by atoms with Crippen molar-refractivity contribution in [3.8, 4) is 0 Å². The van der Waals surface area contributed by atoms with E-state index in [-0.39, 0.29) is 18.9 Å². The van der Waals surface area contributed by atoms with Gasteiger partial charge in [-0.2, -0.15) is 0 Å². The van der Waals surface area contributed by atoms with E-state index in [4.69, 9.17) is 42.6 Å². The quantitative estimate of drug-likeness (QED) is 0.160. The van der Waals surface area contributed by atoms with Crippen LogP contribution in [0.15, 0.2) is 30.3 Å². The second-order valence-corrected chi connectivity index (χ2v) is 7.84. The van der Waals surface area contributed by atoms with Gasteiger partial charge in [-0.1, -0.05) is 18.2 Å². The molecule has 1 saturated heterocycles. The Kier molecular flexibility index (Phi) is 19.2. The minimum absolute atomic E-state index is 0.0664. The molecule has 0 aromatic heterocycles. The first-order valence-electron chi connectivity index (χ1n) is 12.8. The van der Waals surface area contributed by atoms with E-state index < -0.39 is 0 Å². The number of esters is 1. The maximum Gasteiger partial charge on any atom is 0.338 e.